The Hall–Kier alpha value is -0.830. The van der Waals surface area contributed by atoms with Gasteiger partial charge < -0.3 is 5.32 Å². The maximum absolute atomic E-state index is 4.63. The Bertz CT molecular complexity index is 357. The highest BCUT2D eigenvalue weighted by Crippen LogP contribution is 2.15. The van der Waals surface area contributed by atoms with Gasteiger partial charge in [0, 0.05) is 18.3 Å². The van der Waals surface area contributed by atoms with Crippen molar-refractivity contribution in [2.75, 3.05) is 6.54 Å². The third-order valence-corrected chi connectivity index (χ3v) is 3.63. The molecular weight excluding hydrogens is 234 g/mol. The smallest absolute Gasteiger partial charge is 0.0624 e. The minimum atomic E-state index is 0.610. The second kappa shape index (κ2) is 8.36. The molecule has 0 aliphatic carbocycles. The maximum atomic E-state index is 4.63. The molecule has 0 saturated heterocycles. The molecule has 0 fully saturated rings. The molecule has 1 aromatic rings. The van der Waals surface area contributed by atoms with Gasteiger partial charge in [0.2, 0.25) is 0 Å². The highest BCUT2D eigenvalue weighted by atomic mass is 15.3. The van der Waals surface area contributed by atoms with E-state index < -0.39 is 0 Å². The first-order valence-electron chi connectivity index (χ1n) is 7.89. The van der Waals surface area contributed by atoms with Crippen LogP contribution in [0.2, 0.25) is 0 Å². The van der Waals surface area contributed by atoms with Crippen molar-refractivity contribution in [1.29, 1.82) is 0 Å². The van der Waals surface area contributed by atoms with Crippen molar-refractivity contribution >= 4 is 0 Å². The fourth-order valence-electron chi connectivity index (χ4n) is 2.64. The summed E-state index contributed by atoms with van der Waals surface area (Å²) in [6.45, 7) is 13.3. The quantitative estimate of drug-likeness (QED) is 0.741. The first-order chi connectivity index (χ1) is 9.10. The van der Waals surface area contributed by atoms with Gasteiger partial charge in [-0.15, -0.1) is 0 Å². The van der Waals surface area contributed by atoms with Crippen LogP contribution < -0.4 is 5.32 Å². The first kappa shape index (κ1) is 16.2. The Balaban J connectivity index is 2.51. The number of aryl methyl sites for hydroxylation is 2. The van der Waals surface area contributed by atoms with Crippen molar-refractivity contribution in [2.45, 2.75) is 72.9 Å². The molecule has 3 heteroatoms. The summed E-state index contributed by atoms with van der Waals surface area (Å²) < 4.78 is 2.17. The molecule has 3 nitrogen and oxygen atoms in total. The van der Waals surface area contributed by atoms with Gasteiger partial charge in [0.05, 0.1) is 5.69 Å². The Morgan fingerprint density at radius 1 is 1.26 bits per heavy atom. The zero-order valence-corrected chi connectivity index (χ0v) is 13.4. The lowest BCUT2D eigenvalue weighted by atomic mass is 9.97. The highest BCUT2D eigenvalue weighted by Gasteiger charge is 2.12. The Labute approximate surface area is 118 Å². The highest BCUT2D eigenvalue weighted by molar-refractivity contribution is 5.11. The molecular formula is C16H31N3. The minimum absolute atomic E-state index is 0.610. The largest absolute Gasteiger partial charge is 0.314 e. The lowest BCUT2D eigenvalue weighted by Gasteiger charge is -2.18. The number of nitrogens with zero attached hydrogens (tertiary/aromatic N) is 2. The molecule has 0 amide bonds. The number of hydrogen-bond donors (Lipinski definition) is 1. The summed E-state index contributed by atoms with van der Waals surface area (Å²) in [7, 11) is 0. The van der Waals surface area contributed by atoms with Gasteiger partial charge in [0.25, 0.3) is 0 Å². The van der Waals surface area contributed by atoms with Crippen LogP contribution in [-0.4, -0.2) is 22.4 Å². The molecule has 0 radical (unpaired) electrons. The van der Waals surface area contributed by atoms with Gasteiger partial charge in [-0.1, -0.05) is 20.8 Å². The lowest BCUT2D eigenvalue weighted by molar-refractivity contribution is 0.411. The van der Waals surface area contributed by atoms with Crippen molar-refractivity contribution in [2.24, 2.45) is 5.92 Å². The second-order valence-electron chi connectivity index (χ2n) is 5.70. The fraction of sp³-hybridized carbons (Fsp3) is 0.812. The average Bonchev–Trinajstić information content (AvgIpc) is 2.78. The molecule has 19 heavy (non-hydrogen) atoms. The first-order valence-corrected chi connectivity index (χ1v) is 7.89. The summed E-state index contributed by atoms with van der Waals surface area (Å²) in [5.41, 5.74) is 2.62. The maximum Gasteiger partial charge on any atom is 0.0624 e. The van der Waals surface area contributed by atoms with E-state index in [0.29, 0.717) is 12.0 Å². The van der Waals surface area contributed by atoms with E-state index in [1.807, 2.05) is 0 Å². The summed E-state index contributed by atoms with van der Waals surface area (Å²) >= 11 is 0. The SMILES string of the molecule is CCCNC(C)CC(C)Cc1cc(CC)nn1CC. The minimum Gasteiger partial charge on any atom is -0.314 e. The third kappa shape index (κ3) is 5.35. The molecule has 110 valence electrons. The van der Waals surface area contributed by atoms with Gasteiger partial charge in [-0.25, -0.2) is 0 Å². The standard InChI is InChI=1S/C16H31N3/c1-6-9-17-14(5)10-13(4)11-16-12-15(7-2)18-19(16)8-3/h12-14,17H,6-11H2,1-5H3. The van der Waals surface area contributed by atoms with Gasteiger partial charge in [-0.2, -0.15) is 5.10 Å². The van der Waals surface area contributed by atoms with Gasteiger partial charge in [-0.3, -0.25) is 4.68 Å². The van der Waals surface area contributed by atoms with Crippen molar-refractivity contribution in [3.8, 4) is 0 Å². The van der Waals surface area contributed by atoms with E-state index in [-0.39, 0.29) is 0 Å². The van der Waals surface area contributed by atoms with Crippen LogP contribution >= 0.6 is 0 Å². The molecule has 1 N–H and O–H groups in total. The summed E-state index contributed by atoms with van der Waals surface area (Å²) in [5.74, 6) is 0.700. The van der Waals surface area contributed by atoms with Gasteiger partial charge in [-0.05, 0) is 58.1 Å². The van der Waals surface area contributed by atoms with E-state index in [1.54, 1.807) is 0 Å². The van der Waals surface area contributed by atoms with Crippen molar-refractivity contribution in [3.63, 3.8) is 0 Å². The van der Waals surface area contributed by atoms with Gasteiger partial charge >= 0.3 is 0 Å². The van der Waals surface area contributed by atoms with Crippen LogP contribution in [0, 0.1) is 5.92 Å². The summed E-state index contributed by atoms with van der Waals surface area (Å²) in [6.07, 6.45) is 4.61. The Morgan fingerprint density at radius 3 is 2.58 bits per heavy atom. The molecule has 1 aromatic heterocycles. The zero-order valence-electron chi connectivity index (χ0n) is 13.4. The van der Waals surface area contributed by atoms with Crippen LogP contribution in [0.1, 0.15) is 58.8 Å². The van der Waals surface area contributed by atoms with E-state index in [9.17, 15) is 0 Å². The van der Waals surface area contributed by atoms with E-state index in [0.717, 1.165) is 25.9 Å². The van der Waals surface area contributed by atoms with Gasteiger partial charge in [0.1, 0.15) is 0 Å². The predicted octanol–water partition coefficient (Wildman–Crippen LogP) is 3.42. The van der Waals surface area contributed by atoms with Crippen LogP contribution in [0.25, 0.3) is 0 Å². The van der Waals surface area contributed by atoms with Crippen molar-refractivity contribution in [3.05, 3.63) is 17.5 Å². The number of nitrogens with one attached hydrogen (secondary N) is 1. The molecule has 0 aromatic carbocycles. The van der Waals surface area contributed by atoms with Gasteiger partial charge in [0.15, 0.2) is 0 Å². The van der Waals surface area contributed by atoms with Crippen LogP contribution in [0.3, 0.4) is 0 Å². The van der Waals surface area contributed by atoms with E-state index in [1.165, 1.54) is 24.2 Å². The fourth-order valence-corrected chi connectivity index (χ4v) is 2.64. The average molecular weight is 265 g/mol. The molecule has 1 rings (SSSR count). The molecule has 0 aliphatic rings. The predicted molar refractivity (Wildman–Crippen MR) is 82.5 cm³/mol. The van der Waals surface area contributed by atoms with Crippen LogP contribution in [-0.2, 0) is 19.4 Å². The second-order valence-corrected chi connectivity index (χ2v) is 5.70. The third-order valence-electron chi connectivity index (χ3n) is 3.63. The number of aromatic nitrogens is 2. The lowest BCUT2D eigenvalue weighted by Crippen LogP contribution is -2.29. The van der Waals surface area contributed by atoms with Crippen LogP contribution in [0.4, 0.5) is 0 Å². The van der Waals surface area contributed by atoms with Crippen molar-refractivity contribution in [1.82, 2.24) is 15.1 Å². The molecule has 2 atom stereocenters. The molecule has 0 saturated carbocycles. The molecule has 1 heterocycles. The number of rotatable bonds is 9. The Morgan fingerprint density at radius 2 is 2.00 bits per heavy atom. The molecule has 0 bridgehead atoms. The number of hydrogen-bond acceptors (Lipinski definition) is 2. The molecule has 0 aliphatic heterocycles. The molecule has 0 spiro atoms. The zero-order chi connectivity index (χ0) is 14.3. The van der Waals surface area contributed by atoms with E-state index >= 15 is 0 Å². The topological polar surface area (TPSA) is 29.9 Å². The Kier molecular flexibility index (Phi) is 7.14. The van der Waals surface area contributed by atoms with E-state index in [4.69, 9.17) is 0 Å². The summed E-state index contributed by atoms with van der Waals surface area (Å²) in [5, 5.41) is 8.20. The van der Waals surface area contributed by atoms with Crippen molar-refractivity contribution < 1.29 is 0 Å². The van der Waals surface area contributed by atoms with Crippen LogP contribution in [0.15, 0.2) is 6.07 Å². The molecule has 2 unspecified atom stereocenters. The van der Waals surface area contributed by atoms with Crippen LogP contribution in [0.5, 0.6) is 0 Å². The normalized spacial score (nSPS) is 14.6. The monoisotopic (exact) mass is 265 g/mol. The van der Waals surface area contributed by atoms with E-state index in [2.05, 4.69) is 55.8 Å². The summed E-state index contributed by atoms with van der Waals surface area (Å²) in [4.78, 5) is 0. The summed E-state index contributed by atoms with van der Waals surface area (Å²) in [6, 6.07) is 2.89.